The number of aromatic carboxylic acids is 1. The molecule has 1 aliphatic rings. The first kappa shape index (κ1) is 20.0. The molecule has 0 aromatic carbocycles. The van der Waals surface area contributed by atoms with E-state index in [1.807, 2.05) is 0 Å². The first-order valence-electron chi connectivity index (χ1n) is 8.92. The van der Waals surface area contributed by atoms with Crippen LogP contribution in [-0.4, -0.2) is 34.4 Å². The molecule has 0 unspecified atom stereocenters. The van der Waals surface area contributed by atoms with Crippen molar-refractivity contribution in [2.24, 2.45) is 5.41 Å². The Balaban J connectivity index is 2.39. The molecule has 26 heavy (non-hydrogen) atoms. The van der Waals surface area contributed by atoms with Gasteiger partial charge in [-0.1, -0.05) is 31.9 Å². The molecule has 6 heteroatoms. The molecule has 1 aliphatic carbocycles. The quantitative estimate of drug-likeness (QED) is 0.508. The summed E-state index contributed by atoms with van der Waals surface area (Å²) in [6.07, 6.45) is 8.36. The van der Waals surface area contributed by atoms with Crippen LogP contribution in [0.5, 0.6) is 0 Å². The first-order valence-corrected chi connectivity index (χ1v) is 8.92. The van der Waals surface area contributed by atoms with E-state index in [1.165, 1.54) is 6.42 Å². The standard InChI is InChI=1S/C20H28N2O4/c1-4-8-15(26-12-20(11-23)9-6-5-7-10-20)16-13(2)22-14(3)17(18(16)21)19(24)25/h4,8,23H,1,5-7,9-12H2,2-3H3,(H2,21,22)(H,24,25)/b15-8+. The van der Waals surface area contributed by atoms with Crippen LogP contribution in [0.3, 0.4) is 0 Å². The van der Waals surface area contributed by atoms with E-state index < -0.39 is 5.97 Å². The minimum atomic E-state index is -1.12. The Morgan fingerprint density at radius 2 is 1.88 bits per heavy atom. The van der Waals surface area contributed by atoms with Crippen molar-refractivity contribution >= 4 is 17.4 Å². The van der Waals surface area contributed by atoms with Crippen LogP contribution >= 0.6 is 0 Å². The van der Waals surface area contributed by atoms with Gasteiger partial charge < -0.3 is 20.7 Å². The molecule has 0 spiro atoms. The van der Waals surface area contributed by atoms with Crippen molar-refractivity contribution in [3.8, 4) is 0 Å². The van der Waals surface area contributed by atoms with Crippen molar-refractivity contribution in [3.63, 3.8) is 0 Å². The third-order valence-corrected chi connectivity index (χ3v) is 5.11. The lowest BCUT2D eigenvalue weighted by atomic mass is 9.75. The Morgan fingerprint density at radius 1 is 1.27 bits per heavy atom. The lowest BCUT2D eigenvalue weighted by Crippen LogP contribution is -2.33. The second-order valence-corrected chi connectivity index (χ2v) is 7.03. The summed E-state index contributed by atoms with van der Waals surface area (Å²) in [6.45, 7) is 7.51. The number of ether oxygens (including phenoxy) is 1. The summed E-state index contributed by atoms with van der Waals surface area (Å²) in [6, 6.07) is 0. The Labute approximate surface area is 154 Å². The second kappa shape index (κ2) is 8.36. The number of carboxylic acid groups (broad SMARTS) is 1. The third kappa shape index (κ3) is 4.07. The Bertz CT molecular complexity index is 719. The molecule has 1 aromatic heterocycles. The molecule has 0 amide bonds. The fourth-order valence-electron chi connectivity index (χ4n) is 3.65. The Kier molecular flexibility index (Phi) is 6.42. The van der Waals surface area contributed by atoms with Crippen molar-refractivity contribution < 1.29 is 19.7 Å². The Hall–Kier alpha value is -2.34. The summed E-state index contributed by atoms with van der Waals surface area (Å²) >= 11 is 0. The van der Waals surface area contributed by atoms with Crippen molar-refractivity contribution in [3.05, 3.63) is 41.2 Å². The molecule has 0 saturated heterocycles. The van der Waals surface area contributed by atoms with Gasteiger partial charge in [0.1, 0.15) is 11.3 Å². The van der Waals surface area contributed by atoms with Gasteiger partial charge in [-0.05, 0) is 32.8 Å². The van der Waals surface area contributed by atoms with Gasteiger partial charge in [-0.3, -0.25) is 4.98 Å². The molecular weight excluding hydrogens is 332 g/mol. The number of anilines is 1. The molecule has 0 radical (unpaired) electrons. The van der Waals surface area contributed by atoms with Gasteiger partial charge in [0.05, 0.1) is 35.9 Å². The first-order chi connectivity index (χ1) is 12.3. The van der Waals surface area contributed by atoms with E-state index >= 15 is 0 Å². The molecule has 0 atom stereocenters. The highest BCUT2D eigenvalue weighted by molar-refractivity contribution is 5.97. The van der Waals surface area contributed by atoms with Gasteiger partial charge in [0.15, 0.2) is 0 Å². The van der Waals surface area contributed by atoms with Crippen LogP contribution in [0, 0.1) is 19.3 Å². The number of carboxylic acids is 1. The smallest absolute Gasteiger partial charge is 0.339 e. The van der Waals surface area contributed by atoms with Crippen LogP contribution in [0.4, 0.5) is 5.69 Å². The largest absolute Gasteiger partial charge is 0.492 e. The number of nitrogen functional groups attached to an aromatic ring is 1. The number of hydrogen-bond acceptors (Lipinski definition) is 5. The molecule has 6 nitrogen and oxygen atoms in total. The van der Waals surface area contributed by atoms with E-state index in [0.717, 1.165) is 25.7 Å². The number of aryl methyl sites for hydroxylation is 2. The van der Waals surface area contributed by atoms with E-state index in [4.69, 9.17) is 10.5 Å². The molecule has 4 N–H and O–H groups in total. The monoisotopic (exact) mass is 360 g/mol. The van der Waals surface area contributed by atoms with Crippen molar-refractivity contribution in [2.75, 3.05) is 18.9 Å². The summed E-state index contributed by atoms with van der Waals surface area (Å²) < 4.78 is 6.06. The zero-order valence-corrected chi connectivity index (χ0v) is 15.5. The SMILES string of the molecule is C=C/C=C(/OCC1(CO)CCCCC1)c1c(C)nc(C)c(C(=O)O)c1N. The lowest BCUT2D eigenvalue weighted by Gasteiger charge is -2.35. The number of hydrogen-bond donors (Lipinski definition) is 3. The van der Waals surface area contributed by atoms with Crippen LogP contribution in [-0.2, 0) is 4.74 Å². The van der Waals surface area contributed by atoms with Crippen LogP contribution < -0.4 is 5.73 Å². The molecule has 0 aliphatic heterocycles. The fourth-order valence-corrected chi connectivity index (χ4v) is 3.65. The maximum atomic E-state index is 11.6. The van der Waals surface area contributed by atoms with E-state index in [2.05, 4.69) is 11.6 Å². The zero-order chi connectivity index (χ0) is 19.3. The number of rotatable bonds is 7. The van der Waals surface area contributed by atoms with E-state index in [-0.39, 0.29) is 23.3 Å². The maximum absolute atomic E-state index is 11.6. The minimum Gasteiger partial charge on any atom is -0.492 e. The van der Waals surface area contributed by atoms with E-state index in [0.29, 0.717) is 29.3 Å². The number of nitrogens with two attached hydrogens (primary N) is 1. The number of aliphatic hydroxyl groups excluding tert-OH is 1. The van der Waals surface area contributed by atoms with Crippen molar-refractivity contribution in [1.82, 2.24) is 4.98 Å². The molecule has 1 fully saturated rings. The average Bonchev–Trinajstić information content (AvgIpc) is 2.59. The second-order valence-electron chi connectivity index (χ2n) is 7.03. The highest BCUT2D eigenvalue weighted by atomic mass is 16.5. The minimum absolute atomic E-state index is 0.0151. The van der Waals surface area contributed by atoms with Gasteiger partial charge in [-0.2, -0.15) is 0 Å². The van der Waals surface area contributed by atoms with Gasteiger partial charge in [-0.15, -0.1) is 0 Å². The number of carbonyl (C=O) groups is 1. The van der Waals surface area contributed by atoms with Crippen LogP contribution in [0.2, 0.25) is 0 Å². The summed E-state index contributed by atoms with van der Waals surface area (Å²) in [5.74, 6) is -0.686. The summed E-state index contributed by atoms with van der Waals surface area (Å²) in [4.78, 5) is 15.9. The molecule has 142 valence electrons. The molecule has 1 aromatic rings. The molecule has 1 saturated carbocycles. The van der Waals surface area contributed by atoms with Crippen molar-refractivity contribution in [2.45, 2.75) is 46.0 Å². The number of aliphatic hydroxyl groups is 1. The van der Waals surface area contributed by atoms with Crippen LogP contribution in [0.25, 0.3) is 5.76 Å². The van der Waals surface area contributed by atoms with Gasteiger partial charge in [0.2, 0.25) is 0 Å². The number of nitrogens with zero attached hydrogens (tertiary/aromatic N) is 1. The van der Waals surface area contributed by atoms with Gasteiger partial charge >= 0.3 is 5.97 Å². The highest BCUT2D eigenvalue weighted by Gasteiger charge is 2.33. The van der Waals surface area contributed by atoms with Crippen LogP contribution in [0.15, 0.2) is 18.7 Å². The third-order valence-electron chi connectivity index (χ3n) is 5.11. The van der Waals surface area contributed by atoms with E-state index in [9.17, 15) is 15.0 Å². The summed E-state index contributed by atoms with van der Waals surface area (Å²) in [7, 11) is 0. The fraction of sp³-hybridized carbons (Fsp3) is 0.500. The van der Waals surface area contributed by atoms with Gasteiger partial charge in [0.25, 0.3) is 0 Å². The Morgan fingerprint density at radius 3 is 2.42 bits per heavy atom. The van der Waals surface area contributed by atoms with Gasteiger partial charge in [0, 0.05) is 5.41 Å². The molecule has 2 rings (SSSR count). The lowest BCUT2D eigenvalue weighted by molar-refractivity contribution is 0.0231. The number of pyridine rings is 1. The highest BCUT2D eigenvalue weighted by Crippen LogP contribution is 2.38. The number of aromatic nitrogens is 1. The predicted octanol–water partition coefficient (Wildman–Crippen LogP) is 3.47. The van der Waals surface area contributed by atoms with Crippen molar-refractivity contribution in [1.29, 1.82) is 0 Å². The number of allylic oxidation sites excluding steroid dienone is 2. The normalized spacial score (nSPS) is 17.0. The molecular formula is C20H28N2O4. The topological polar surface area (TPSA) is 106 Å². The van der Waals surface area contributed by atoms with Gasteiger partial charge in [-0.25, -0.2) is 4.79 Å². The maximum Gasteiger partial charge on any atom is 0.339 e. The summed E-state index contributed by atoms with van der Waals surface area (Å²) in [5.41, 5.74) is 7.45. The predicted molar refractivity (Wildman–Crippen MR) is 102 cm³/mol. The molecule has 1 heterocycles. The van der Waals surface area contributed by atoms with Crippen LogP contribution in [0.1, 0.15) is 59.4 Å². The average molecular weight is 360 g/mol. The zero-order valence-electron chi connectivity index (χ0n) is 15.5. The molecule has 0 bridgehead atoms. The van der Waals surface area contributed by atoms with E-state index in [1.54, 1.807) is 26.0 Å². The summed E-state index contributed by atoms with van der Waals surface area (Å²) in [5, 5.41) is 19.3.